The van der Waals surface area contributed by atoms with Crippen molar-refractivity contribution in [2.24, 2.45) is 0 Å². The molecule has 2 N–H and O–H groups in total. The van der Waals surface area contributed by atoms with E-state index in [1.54, 1.807) is 18.4 Å². The van der Waals surface area contributed by atoms with E-state index >= 15 is 0 Å². The van der Waals surface area contributed by atoms with E-state index in [1.165, 1.54) is 0 Å². The van der Waals surface area contributed by atoms with Crippen LogP contribution in [-0.2, 0) is 0 Å². The molecule has 0 atom stereocenters. The first-order valence-electron chi connectivity index (χ1n) is 5.59. The van der Waals surface area contributed by atoms with Gasteiger partial charge in [-0.1, -0.05) is 21.1 Å². The second-order valence-electron chi connectivity index (χ2n) is 4.05. The second kappa shape index (κ2) is 4.55. The smallest absolute Gasteiger partial charge is 0.260 e. The van der Waals surface area contributed by atoms with E-state index in [-0.39, 0.29) is 0 Å². The second-order valence-corrected chi connectivity index (χ2v) is 4.96. The van der Waals surface area contributed by atoms with Crippen molar-refractivity contribution in [2.75, 3.05) is 5.73 Å². The number of nitrogen functional groups attached to an aromatic ring is 1. The number of hydrogen-bond donors (Lipinski definition) is 1. The Kier molecular flexibility index (Phi) is 2.87. The lowest BCUT2D eigenvalue weighted by molar-refractivity contribution is 0.432. The summed E-state index contributed by atoms with van der Waals surface area (Å²) in [4.78, 5) is 4.34. The molecular formula is C13H10BrN3O2. The number of aryl methyl sites for hydroxylation is 1. The first kappa shape index (κ1) is 12.0. The van der Waals surface area contributed by atoms with Crippen LogP contribution in [0.15, 0.2) is 43.9 Å². The Morgan fingerprint density at radius 2 is 2.05 bits per heavy atom. The Morgan fingerprint density at radius 3 is 2.74 bits per heavy atom. The van der Waals surface area contributed by atoms with Crippen LogP contribution in [0.4, 0.5) is 5.69 Å². The average molecular weight is 320 g/mol. The molecule has 0 aliphatic rings. The average Bonchev–Trinajstić information content (AvgIpc) is 2.97. The number of benzene rings is 1. The summed E-state index contributed by atoms with van der Waals surface area (Å²) in [6.07, 6.45) is 1.59. The van der Waals surface area contributed by atoms with Crippen LogP contribution in [0.2, 0.25) is 0 Å². The van der Waals surface area contributed by atoms with Crippen LogP contribution in [0, 0.1) is 6.92 Å². The third-order valence-electron chi connectivity index (χ3n) is 2.77. The van der Waals surface area contributed by atoms with Gasteiger partial charge in [0.15, 0.2) is 0 Å². The minimum atomic E-state index is 0.389. The monoisotopic (exact) mass is 319 g/mol. The zero-order valence-corrected chi connectivity index (χ0v) is 11.6. The summed E-state index contributed by atoms with van der Waals surface area (Å²) in [5, 5.41) is 3.95. The summed E-state index contributed by atoms with van der Waals surface area (Å²) in [5.74, 6) is 1.63. The molecule has 2 aromatic heterocycles. The molecule has 0 spiro atoms. The molecule has 3 rings (SSSR count). The van der Waals surface area contributed by atoms with E-state index in [9.17, 15) is 0 Å². The Hall–Kier alpha value is -2.08. The molecule has 0 saturated heterocycles. The fraction of sp³-hybridized carbons (Fsp3) is 0.0769. The van der Waals surface area contributed by atoms with Gasteiger partial charge < -0.3 is 14.7 Å². The molecule has 5 nitrogen and oxygen atoms in total. The van der Waals surface area contributed by atoms with Gasteiger partial charge in [0.05, 0.1) is 17.4 Å². The molecule has 0 radical (unpaired) electrons. The highest BCUT2D eigenvalue weighted by Gasteiger charge is 2.15. The molecule has 0 amide bonds. The summed E-state index contributed by atoms with van der Waals surface area (Å²) in [6, 6.07) is 7.30. The van der Waals surface area contributed by atoms with Crippen LogP contribution in [0.3, 0.4) is 0 Å². The van der Waals surface area contributed by atoms with Gasteiger partial charge >= 0.3 is 0 Å². The van der Waals surface area contributed by atoms with Crippen LogP contribution >= 0.6 is 15.9 Å². The first-order valence-corrected chi connectivity index (χ1v) is 6.38. The largest absolute Gasteiger partial charge is 0.469 e. The molecule has 0 saturated carbocycles. The van der Waals surface area contributed by atoms with Crippen LogP contribution in [0.25, 0.3) is 22.8 Å². The van der Waals surface area contributed by atoms with Crippen LogP contribution in [-0.4, -0.2) is 10.1 Å². The summed E-state index contributed by atoms with van der Waals surface area (Å²) in [6.45, 7) is 1.85. The van der Waals surface area contributed by atoms with E-state index in [0.29, 0.717) is 23.0 Å². The maximum absolute atomic E-state index is 5.93. The van der Waals surface area contributed by atoms with Gasteiger partial charge in [0, 0.05) is 10.2 Å². The lowest BCUT2D eigenvalue weighted by Crippen LogP contribution is -1.90. The fourth-order valence-corrected chi connectivity index (χ4v) is 2.17. The number of rotatable bonds is 2. The van der Waals surface area contributed by atoms with Crippen molar-refractivity contribution in [3.8, 4) is 22.8 Å². The molecule has 0 aliphatic heterocycles. The van der Waals surface area contributed by atoms with Crippen molar-refractivity contribution in [1.82, 2.24) is 10.1 Å². The number of furan rings is 1. The molecule has 1 aromatic carbocycles. The molecule has 0 fully saturated rings. The van der Waals surface area contributed by atoms with Crippen LogP contribution in [0.5, 0.6) is 0 Å². The standard InChI is InChI=1S/C13H10BrN3O2/c1-7-9(4-5-18-7)12-16-13(19-17-12)10-3-2-8(14)6-11(10)15/h2-6H,15H2,1H3. The fourth-order valence-electron chi connectivity index (χ4n) is 1.79. The minimum absolute atomic E-state index is 0.389. The minimum Gasteiger partial charge on any atom is -0.469 e. The van der Waals surface area contributed by atoms with Gasteiger partial charge in [-0.2, -0.15) is 4.98 Å². The van der Waals surface area contributed by atoms with Crippen molar-refractivity contribution >= 4 is 21.6 Å². The van der Waals surface area contributed by atoms with Gasteiger partial charge in [-0.15, -0.1) is 0 Å². The maximum Gasteiger partial charge on any atom is 0.260 e. The van der Waals surface area contributed by atoms with Gasteiger partial charge in [-0.05, 0) is 31.2 Å². The molecule has 0 bridgehead atoms. The van der Waals surface area contributed by atoms with Crippen molar-refractivity contribution in [3.63, 3.8) is 0 Å². The van der Waals surface area contributed by atoms with Crippen LogP contribution in [0.1, 0.15) is 5.76 Å². The van der Waals surface area contributed by atoms with Gasteiger partial charge in [-0.25, -0.2) is 0 Å². The topological polar surface area (TPSA) is 78.1 Å². The number of aromatic nitrogens is 2. The molecule has 2 heterocycles. The Balaban J connectivity index is 2.04. The Morgan fingerprint density at radius 1 is 1.21 bits per heavy atom. The zero-order chi connectivity index (χ0) is 13.4. The van der Waals surface area contributed by atoms with E-state index < -0.39 is 0 Å². The number of anilines is 1. The van der Waals surface area contributed by atoms with E-state index in [2.05, 4.69) is 26.1 Å². The zero-order valence-electron chi connectivity index (χ0n) is 10.1. The van der Waals surface area contributed by atoms with Gasteiger partial charge in [-0.3, -0.25) is 0 Å². The molecule has 6 heteroatoms. The van der Waals surface area contributed by atoms with Crippen molar-refractivity contribution in [3.05, 3.63) is 40.8 Å². The predicted molar refractivity (Wildman–Crippen MR) is 74.3 cm³/mol. The van der Waals surface area contributed by atoms with Crippen molar-refractivity contribution in [1.29, 1.82) is 0 Å². The molecule has 0 aliphatic carbocycles. The molecular weight excluding hydrogens is 310 g/mol. The third kappa shape index (κ3) is 2.15. The number of nitrogens with two attached hydrogens (primary N) is 1. The quantitative estimate of drug-likeness (QED) is 0.729. The van der Waals surface area contributed by atoms with Gasteiger partial charge in [0.2, 0.25) is 5.82 Å². The summed E-state index contributed by atoms with van der Waals surface area (Å²) >= 11 is 3.36. The Bertz CT molecular complexity index is 733. The highest BCUT2D eigenvalue weighted by Crippen LogP contribution is 2.29. The molecule has 96 valence electrons. The lowest BCUT2D eigenvalue weighted by atomic mass is 10.2. The Labute approximate surface area is 117 Å². The van der Waals surface area contributed by atoms with Crippen molar-refractivity contribution < 1.29 is 8.94 Å². The number of halogens is 1. The van der Waals surface area contributed by atoms with E-state index in [1.807, 2.05) is 19.1 Å². The van der Waals surface area contributed by atoms with E-state index in [4.69, 9.17) is 14.7 Å². The normalized spacial score (nSPS) is 10.8. The summed E-state index contributed by atoms with van der Waals surface area (Å²) in [5.41, 5.74) is 8.03. The van der Waals surface area contributed by atoms with Gasteiger partial charge in [0.25, 0.3) is 5.89 Å². The highest BCUT2D eigenvalue weighted by atomic mass is 79.9. The van der Waals surface area contributed by atoms with Crippen molar-refractivity contribution in [2.45, 2.75) is 6.92 Å². The molecule has 19 heavy (non-hydrogen) atoms. The third-order valence-corrected chi connectivity index (χ3v) is 3.26. The van der Waals surface area contributed by atoms with Crippen LogP contribution < -0.4 is 5.73 Å². The first-order chi connectivity index (χ1) is 9.15. The van der Waals surface area contributed by atoms with E-state index in [0.717, 1.165) is 15.8 Å². The SMILES string of the molecule is Cc1occc1-c1noc(-c2ccc(Br)cc2N)n1. The maximum atomic E-state index is 5.93. The number of nitrogens with zero attached hydrogens (tertiary/aromatic N) is 2. The van der Waals surface area contributed by atoms with Gasteiger partial charge in [0.1, 0.15) is 5.76 Å². The predicted octanol–water partition coefficient (Wildman–Crippen LogP) is 3.65. The molecule has 0 unspecified atom stereocenters. The number of hydrogen-bond acceptors (Lipinski definition) is 5. The molecule has 3 aromatic rings. The summed E-state index contributed by atoms with van der Waals surface area (Å²) in [7, 11) is 0. The lowest BCUT2D eigenvalue weighted by Gasteiger charge is -2.00. The highest BCUT2D eigenvalue weighted by molar-refractivity contribution is 9.10. The summed E-state index contributed by atoms with van der Waals surface area (Å²) < 4.78 is 11.4.